The molecule has 1 nitrogen and oxygen atoms in total. The molecule has 0 amide bonds. The van der Waals surface area contributed by atoms with E-state index in [9.17, 15) is 0 Å². The summed E-state index contributed by atoms with van der Waals surface area (Å²) in [6, 6.07) is 13.2. The SMILES string of the molecule is CC(CCNC(C)C)CCc1ccc(Cl)c2ccccc12. The molecule has 2 aromatic rings. The molecule has 0 bridgehead atoms. The van der Waals surface area contributed by atoms with Crippen molar-refractivity contribution in [3.05, 3.63) is 47.0 Å². The fourth-order valence-corrected chi connectivity index (χ4v) is 2.94. The van der Waals surface area contributed by atoms with Gasteiger partial charge in [-0.2, -0.15) is 0 Å². The summed E-state index contributed by atoms with van der Waals surface area (Å²) in [5.41, 5.74) is 1.42. The van der Waals surface area contributed by atoms with Gasteiger partial charge in [0.1, 0.15) is 0 Å². The van der Waals surface area contributed by atoms with Gasteiger partial charge in [0.15, 0.2) is 0 Å². The van der Waals surface area contributed by atoms with E-state index < -0.39 is 0 Å². The molecule has 0 spiro atoms. The van der Waals surface area contributed by atoms with Crippen molar-refractivity contribution in [2.75, 3.05) is 6.54 Å². The van der Waals surface area contributed by atoms with E-state index >= 15 is 0 Å². The highest BCUT2D eigenvalue weighted by molar-refractivity contribution is 6.35. The van der Waals surface area contributed by atoms with Gasteiger partial charge in [0.25, 0.3) is 0 Å². The zero-order valence-corrected chi connectivity index (χ0v) is 14.1. The van der Waals surface area contributed by atoms with Crippen molar-refractivity contribution in [2.45, 2.75) is 46.1 Å². The van der Waals surface area contributed by atoms with Crippen molar-refractivity contribution in [1.29, 1.82) is 0 Å². The summed E-state index contributed by atoms with van der Waals surface area (Å²) in [7, 11) is 0. The number of hydrogen-bond donors (Lipinski definition) is 1. The van der Waals surface area contributed by atoms with Gasteiger partial charge in [-0.05, 0) is 48.7 Å². The molecule has 0 saturated heterocycles. The maximum atomic E-state index is 6.28. The van der Waals surface area contributed by atoms with Crippen LogP contribution in [0.3, 0.4) is 0 Å². The van der Waals surface area contributed by atoms with Crippen LogP contribution in [0, 0.1) is 5.92 Å². The maximum Gasteiger partial charge on any atom is 0.0484 e. The lowest BCUT2D eigenvalue weighted by Crippen LogP contribution is -2.25. The molecule has 0 saturated carbocycles. The van der Waals surface area contributed by atoms with Crippen molar-refractivity contribution in [2.24, 2.45) is 5.92 Å². The fraction of sp³-hybridized carbons (Fsp3) is 0.474. The topological polar surface area (TPSA) is 12.0 Å². The summed E-state index contributed by atoms with van der Waals surface area (Å²) in [4.78, 5) is 0. The Morgan fingerprint density at radius 2 is 1.67 bits per heavy atom. The number of aryl methyl sites for hydroxylation is 1. The number of fused-ring (bicyclic) bond motifs is 1. The van der Waals surface area contributed by atoms with E-state index in [4.69, 9.17) is 11.6 Å². The van der Waals surface area contributed by atoms with Gasteiger partial charge in [-0.1, -0.05) is 62.7 Å². The van der Waals surface area contributed by atoms with Crippen LogP contribution in [0.15, 0.2) is 36.4 Å². The third kappa shape index (κ3) is 4.72. The molecular formula is C19H26ClN. The Kier molecular flexibility index (Phi) is 6.08. The summed E-state index contributed by atoms with van der Waals surface area (Å²) >= 11 is 6.28. The van der Waals surface area contributed by atoms with E-state index in [-0.39, 0.29) is 0 Å². The third-order valence-corrected chi connectivity index (χ3v) is 4.39. The molecular weight excluding hydrogens is 278 g/mol. The molecule has 0 fully saturated rings. The van der Waals surface area contributed by atoms with Gasteiger partial charge in [-0.25, -0.2) is 0 Å². The Morgan fingerprint density at radius 1 is 0.952 bits per heavy atom. The van der Waals surface area contributed by atoms with Crippen LogP contribution in [0.1, 0.15) is 39.2 Å². The standard InChI is InChI=1S/C19H26ClN/c1-14(2)21-13-12-15(3)8-9-16-10-11-19(20)18-7-5-4-6-17(16)18/h4-7,10-11,14-15,21H,8-9,12-13H2,1-3H3. The summed E-state index contributed by atoms with van der Waals surface area (Å²) in [5.74, 6) is 0.741. The van der Waals surface area contributed by atoms with E-state index in [0.29, 0.717) is 6.04 Å². The first kappa shape index (κ1) is 16.3. The lowest BCUT2D eigenvalue weighted by Gasteiger charge is -2.14. The molecule has 2 aromatic carbocycles. The van der Waals surface area contributed by atoms with Gasteiger partial charge in [0, 0.05) is 16.5 Å². The van der Waals surface area contributed by atoms with Crippen molar-refractivity contribution < 1.29 is 0 Å². The average molecular weight is 304 g/mol. The number of rotatable bonds is 7. The van der Waals surface area contributed by atoms with E-state index in [0.717, 1.165) is 23.9 Å². The van der Waals surface area contributed by atoms with E-state index in [1.807, 2.05) is 6.07 Å². The molecule has 114 valence electrons. The van der Waals surface area contributed by atoms with Gasteiger partial charge in [0.05, 0.1) is 0 Å². The minimum atomic E-state index is 0.581. The Hall–Kier alpha value is -1.05. The molecule has 0 aliphatic carbocycles. The molecule has 0 aliphatic heterocycles. The monoisotopic (exact) mass is 303 g/mol. The molecule has 2 rings (SSSR count). The first-order valence-corrected chi connectivity index (χ1v) is 8.35. The van der Waals surface area contributed by atoms with Gasteiger partial charge >= 0.3 is 0 Å². The summed E-state index contributed by atoms with van der Waals surface area (Å²) in [6.07, 6.45) is 3.59. The van der Waals surface area contributed by atoms with E-state index in [2.05, 4.69) is 56.4 Å². The molecule has 1 unspecified atom stereocenters. The predicted molar refractivity (Wildman–Crippen MR) is 94.2 cm³/mol. The number of hydrogen-bond acceptors (Lipinski definition) is 1. The molecule has 1 atom stereocenters. The van der Waals surface area contributed by atoms with Crippen molar-refractivity contribution in [1.82, 2.24) is 5.32 Å². The Morgan fingerprint density at radius 3 is 2.38 bits per heavy atom. The van der Waals surface area contributed by atoms with Crippen LogP contribution >= 0.6 is 11.6 Å². The largest absolute Gasteiger partial charge is 0.315 e. The zero-order chi connectivity index (χ0) is 15.2. The van der Waals surface area contributed by atoms with E-state index in [1.54, 1.807) is 0 Å². The minimum absolute atomic E-state index is 0.581. The van der Waals surface area contributed by atoms with Crippen LogP contribution in [0.5, 0.6) is 0 Å². The number of nitrogens with one attached hydrogen (secondary N) is 1. The number of halogens is 1. The predicted octanol–water partition coefficient (Wildman–Crippen LogP) is 5.45. The number of benzene rings is 2. The van der Waals surface area contributed by atoms with Crippen LogP contribution in [-0.2, 0) is 6.42 Å². The molecule has 2 heteroatoms. The highest BCUT2D eigenvalue weighted by Gasteiger charge is 2.07. The van der Waals surface area contributed by atoms with E-state index in [1.165, 1.54) is 29.2 Å². The van der Waals surface area contributed by atoms with Gasteiger partial charge < -0.3 is 5.32 Å². The van der Waals surface area contributed by atoms with Gasteiger partial charge in [-0.3, -0.25) is 0 Å². The molecule has 21 heavy (non-hydrogen) atoms. The van der Waals surface area contributed by atoms with Crippen molar-refractivity contribution >= 4 is 22.4 Å². The summed E-state index contributed by atoms with van der Waals surface area (Å²) in [5, 5.41) is 6.82. The summed E-state index contributed by atoms with van der Waals surface area (Å²) < 4.78 is 0. The maximum absolute atomic E-state index is 6.28. The first-order chi connectivity index (χ1) is 10.1. The van der Waals surface area contributed by atoms with Gasteiger partial charge in [-0.15, -0.1) is 0 Å². The smallest absolute Gasteiger partial charge is 0.0484 e. The Labute approximate surface area is 133 Å². The average Bonchev–Trinajstić information content (AvgIpc) is 2.46. The molecule has 0 radical (unpaired) electrons. The summed E-state index contributed by atoms with van der Waals surface area (Å²) in [6.45, 7) is 7.86. The highest BCUT2D eigenvalue weighted by atomic mass is 35.5. The molecule has 0 aromatic heterocycles. The Balaban J connectivity index is 1.96. The Bertz CT molecular complexity index is 577. The van der Waals surface area contributed by atoms with Crippen molar-refractivity contribution in [3.63, 3.8) is 0 Å². The quantitative estimate of drug-likeness (QED) is 0.717. The second-order valence-electron chi connectivity index (χ2n) is 6.29. The van der Waals surface area contributed by atoms with Gasteiger partial charge in [0.2, 0.25) is 0 Å². The lowest BCUT2D eigenvalue weighted by molar-refractivity contribution is 0.454. The first-order valence-electron chi connectivity index (χ1n) is 7.97. The molecule has 1 N–H and O–H groups in total. The zero-order valence-electron chi connectivity index (χ0n) is 13.3. The fourth-order valence-electron chi connectivity index (χ4n) is 2.71. The van der Waals surface area contributed by atoms with Crippen LogP contribution < -0.4 is 5.32 Å². The molecule has 0 heterocycles. The lowest BCUT2D eigenvalue weighted by atomic mass is 9.95. The van der Waals surface area contributed by atoms with Crippen molar-refractivity contribution in [3.8, 4) is 0 Å². The second-order valence-corrected chi connectivity index (χ2v) is 6.70. The second kappa shape index (κ2) is 7.82. The van der Waals surface area contributed by atoms with Crippen LogP contribution in [-0.4, -0.2) is 12.6 Å². The van der Waals surface area contributed by atoms with Crippen LogP contribution in [0.25, 0.3) is 10.8 Å². The van der Waals surface area contributed by atoms with Crippen LogP contribution in [0.2, 0.25) is 5.02 Å². The minimum Gasteiger partial charge on any atom is -0.315 e. The van der Waals surface area contributed by atoms with Crippen LogP contribution in [0.4, 0.5) is 0 Å². The highest BCUT2D eigenvalue weighted by Crippen LogP contribution is 2.27. The third-order valence-electron chi connectivity index (χ3n) is 4.06. The normalized spacial score (nSPS) is 13.0. The molecule has 0 aliphatic rings.